The number of nitrogens with zero attached hydrogens (tertiary/aromatic N) is 2. The third kappa shape index (κ3) is 2.76. The third-order valence-corrected chi connectivity index (χ3v) is 3.12. The number of benzene rings is 1. The van der Waals surface area contributed by atoms with Gasteiger partial charge in [-0.1, -0.05) is 18.2 Å². The van der Waals surface area contributed by atoms with Gasteiger partial charge in [0.1, 0.15) is 5.82 Å². The molecule has 0 aliphatic rings. The van der Waals surface area contributed by atoms with E-state index in [1.54, 1.807) is 36.5 Å². The van der Waals surface area contributed by atoms with E-state index >= 15 is 0 Å². The van der Waals surface area contributed by atoms with Crippen molar-refractivity contribution in [2.24, 2.45) is 0 Å². The molecule has 0 unspecified atom stereocenters. The lowest BCUT2D eigenvalue weighted by Crippen LogP contribution is -2.09. The highest BCUT2D eigenvalue weighted by Crippen LogP contribution is 2.09. The van der Waals surface area contributed by atoms with E-state index in [1.165, 1.54) is 18.3 Å². The molecule has 0 aliphatic carbocycles. The number of H-pyrrole nitrogens is 1. The number of hydrogen-bond donors (Lipinski definition) is 2. The van der Waals surface area contributed by atoms with Crippen LogP contribution in [0.15, 0.2) is 47.5 Å². The summed E-state index contributed by atoms with van der Waals surface area (Å²) in [6.07, 6.45) is 6.47. The molecule has 2 heterocycles. The highest BCUT2D eigenvalue weighted by molar-refractivity contribution is 5.88. The van der Waals surface area contributed by atoms with Crippen LogP contribution in [0.5, 0.6) is 0 Å². The van der Waals surface area contributed by atoms with E-state index < -0.39 is 5.97 Å². The van der Waals surface area contributed by atoms with Crippen LogP contribution in [0.3, 0.4) is 0 Å². The van der Waals surface area contributed by atoms with Crippen LogP contribution in [0.4, 0.5) is 0 Å². The Morgan fingerprint density at radius 1 is 1.14 bits per heavy atom. The molecule has 2 N–H and O–H groups in total. The summed E-state index contributed by atoms with van der Waals surface area (Å²) in [5.41, 5.74) is 1.32. The molecule has 0 amide bonds. The number of pyridine rings is 1. The van der Waals surface area contributed by atoms with E-state index in [2.05, 4.69) is 15.0 Å². The molecule has 2 aromatic heterocycles. The zero-order valence-electron chi connectivity index (χ0n) is 11.4. The maximum absolute atomic E-state index is 11.9. The quantitative estimate of drug-likeness (QED) is 0.771. The van der Waals surface area contributed by atoms with Crippen molar-refractivity contribution in [3.8, 4) is 0 Å². The molecule has 0 saturated carbocycles. The van der Waals surface area contributed by atoms with E-state index in [9.17, 15) is 9.59 Å². The monoisotopic (exact) mass is 293 g/mol. The van der Waals surface area contributed by atoms with Gasteiger partial charge in [0.2, 0.25) is 0 Å². The molecule has 1 aromatic carbocycles. The second-order valence-corrected chi connectivity index (χ2v) is 4.60. The first-order valence-corrected chi connectivity index (χ1v) is 6.49. The van der Waals surface area contributed by atoms with E-state index in [4.69, 9.17) is 5.11 Å². The first-order chi connectivity index (χ1) is 10.6. The number of carbonyl (C=O) groups is 1. The number of aromatic carboxylic acids is 1. The van der Waals surface area contributed by atoms with Crippen molar-refractivity contribution < 1.29 is 9.90 Å². The molecular weight excluding hydrogens is 282 g/mol. The number of hydrogen-bond acceptors (Lipinski definition) is 4. The normalized spacial score (nSPS) is 11.1. The first kappa shape index (κ1) is 13.7. The summed E-state index contributed by atoms with van der Waals surface area (Å²) in [5.74, 6) is -0.559. The van der Waals surface area contributed by atoms with Gasteiger partial charge in [0.15, 0.2) is 0 Å². The van der Waals surface area contributed by atoms with Crippen molar-refractivity contribution in [3.63, 3.8) is 0 Å². The summed E-state index contributed by atoms with van der Waals surface area (Å²) in [7, 11) is 0. The minimum atomic E-state index is -0.969. The molecule has 3 aromatic rings. The highest BCUT2D eigenvalue weighted by atomic mass is 16.4. The Hall–Kier alpha value is -3.28. The van der Waals surface area contributed by atoms with Crippen LogP contribution in [-0.4, -0.2) is 26.0 Å². The van der Waals surface area contributed by atoms with Gasteiger partial charge in [0.05, 0.1) is 22.7 Å². The van der Waals surface area contributed by atoms with E-state index in [1.807, 2.05) is 0 Å². The maximum atomic E-state index is 11.9. The Kier molecular flexibility index (Phi) is 3.49. The van der Waals surface area contributed by atoms with Crippen molar-refractivity contribution >= 4 is 29.0 Å². The Morgan fingerprint density at radius 3 is 2.64 bits per heavy atom. The lowest BCUT2D eigenvalue weighted by Gasteiger charge is -1.98. The van der Waals surface area contributed by atoms with Gasteiger partial charge in [0, 0.05) is 6.20 Å². The third-order valence-electron chi connectivity index (χ3n) is 3.12. The predicted molar refractivity (Wildman–Crippen MR) is 82.5 cm³/mol. The number of aromatic nitrogens is 3. The molecule has 0 saturated heterocycles. The Labute approximate surface area is 124 Å². The summed E-state index contributed by atoms with van der Waals surface area (Å²) in [5, 5.41) is 9.33. The molecule has 108 valence electrons. The minimum absolute atomic E-state index is 0.223. The van der Waals surface area contributed by atoms with Crippen LogP contribution in [0.2, 0.25) is 0 Å². The molecule has 3 rings (SSSR count). The van der Waals surface area contributed by atoms with Gasteiger partial charge >= 0.3 is 5.97 Å². The van der Waals surface area contributed by atoms with Crippen LogP contribution in [0, 0.1) is 0 Å². The summed E-state index contributed by atoms with van der Waals surface area (Å²) in [6, 6.07) is 8.01. The van der Waals surface area contributed by atoms with E-state index in [-0.39, 0.29) is 11.1 Å². The van der Waals surface area contributed by atoms with Gasteiger partial charge in [-0.3, -0.25) is 9.78 Å². The smallest absolute Gasteiger partial charge is 0.335 e. The van der Waals surface area contributed by atoms with Crippen LogP contribution in [0.25, 0.3) is 23.1 Å². The SMILES string of the molecule is O=C(O)c1ccc(/C=C/c2nc3cnccc3c(=O)[nH]2)cc1. The maximum Gasteiger partial charge on any atom is 0.335 e. The summed E-state index contributed by atoms with van der Waals surface area (Å²) in [4.78, 5) is 33.6. The largest absolute Gasteiger partial charge is 0.478 e. The number of carboxylic acids is 1. The minimum Gasteiger partial charge on any atom is -0.478 e. The Morgan fingerprint density at radius 2 is 1.91 bits per heavy atom. The number of nitrogens with one attached hydrogen (secondary N) is 1. The summed E-state index contributed by atoms with van der Waals surface area (Å²) < 4.78 is 0. The molecule has 0 spiro atoms. The van der Waals surface area contributed by atoms with Gasteiger partial charge in [-0.15, -0.1) is 0 Å². The topological polar surface area (TPSA) is 95.9 Å². The van der Waals surface area contributed by atoms with Crippen LogP contribution >= 0.6 is 0 Å². The van der Waals surface area contributed by atoms with Crippen LogP contribution in [-0.2, 0) is 0 Å². The van der Waals surface area contributed by atoms with Crippen molar-refractivity contribution in [2.45, 2.75) is 0 Å². The zero-order valence-corrected chi connectivity index (χ0v) is 11.4. The highest BCUT2D eigenvalue weighted by Gasteiger charge is 2.02. The van der Waals surface area contributed by atoms with Crippen molar-refractivity contribution in [2.75, 3.05) is 0 Å². The van der Waals surface area contributed by atoms with E-state index in [0.29, 0.717) is 16.7 Å². The number of carboxylic acid groups (broad SMARTS) is 1. The van der Waals surface area contributed by atoms with E-state index in [0.717, 1.165) is 5.56 Å². The van der Waals surface area contributed by atoms with Gasteiger partial charge in [-0.25, -0.2) is 9.78 Å². The average molecular weight is 293 g/mol. The van der Waals surface area contributed by atoms with Crippen molar-refractivity contribution in [1.82, 2.24) is 15.0 Å². The standard InChI is InChI=1S/C16H11N3O3/c20-15-12-7-8-17-9-13(12)18-14(19-15)6-3-10-1-4-11(5-2-10)16(21)22/h1-9H,(H,21,22)(H,18,19,20)/b6-3+. The number of aromatic amines is 1. The molecule has 6 heteroatoms. The fourth-order valence-corrected chi connectivity index (χ4v) is 2.00. The second-order valence-electron chi connectivity index (χ2n) is 4.60. The molecule has 0 radical (unpaired) electrons. The van der Waals surface area contributed by atoms with Gasteiger partial charge in [0.25, 0.3) is 5.56 Å². The van der Waals surface area contributed by atoms with Gasteiger partial charge in [-0.2, -0.15) is 0 Å². The molecule has 0 bridgehead atoms. The molecular formula is C16H11N3O3. The molecule has 0 aliphatic heterocycles. The van der Waals surface area contributed by atoms with Crippen LogP contribution < -0.4 is 5.56 Å². The molecule has 0 atom stereocenters. The number of rotatable bonds is 3. The Balaban J connectivity index is 1.92. The fraction of sp³-hybridized carbons (Fsp3) is 0. The zero-order chi connectivity index (χ0) is 15.5. The fourth-order valence-electron chi connectivity index (χ4n) is 2.00. The molecule has 0 fully saturated rings. The lowest BCUT2D eigenvalue weighted by atomic mass is 10.1. The van der Waals surface area contributed by atoms with Gasteiger partial charge < -0.3 is 10.1 Å². The average Bonchev–Trinajstić information content (AvgIpc) is 2.53. The predicted octanol–water partition coefficient (Wildman–Crippen LogP) is 2.19. The summed E-state index contributed by atoms with van der Waals surface area (Å²) in [6.45, 7) is 0. The van der Waals surface area contributed by atoms with Crippen molar-refractivity contribution in [3.05, 3.63) is 70.0 Å². The van der Waals surface area contributed by atoms with Gasteiger partial charge in [-0.05, 0) is 29.8 Å². The number of fused-ring (bicyclic) bond motifs is 1. The second kappa shape index (κ2) is 5.61. The first-order valence-electron chi connectivity index (χ1n) is 6.49. The lowest BCUT2D eigenvalue weighted by molar-refractivity contribution is 0.0697. The molecule has 6 nitrogen and oxygen atoms in total. The van der Waals surface area contributed by atoms with Crippen molar-refractivity contribution in [1.29, 1.82) is 0 Å². The molecule has 22 heavy (non-hydrogen) atoms. The van der Waals surface area contributed by atoms with Crippen LogP contribution in [0.1, 0.15) is 21.7 Å². The Bertz CT molecular complexity index is 927. The summed E-state index contributed by atoms with van der Waals surface area (Å²) >= 11 is 0.